The fraction of sp³-hybridized carbons (Fsp3) is 0.227. The van der Waals surface area contributed by atoms with Crippen molar-refractivity contribution in [3.8, 4) is 5.75 Å². The van der Waals surface area contributed by atoms with Gasteiger partial charge in [-0.1, -0.05) is 30.3 Å². The summed E-state index contributed by atoms with van der Waals surface area (Å²) in [4.78, 5) is 38.5. The molecule has 2 aromatic carbocycles. The number of amides is 2. The number of carboxylic acid groups (broad SMARTS) is 1. The molecule has 2 aromatic rings. The van der Waals surface area contributed by atoms with Gasteiger partial charge in [0.25, 0.3) is 11.8 Å². The first-order valence-corrected chi connectivity index (χ1v) is 9.25. The average Bonchev–Trinajstić information content (AvgIpc) is 3.24. The van der Waals surface area contributed by atoms with Gasteiger partial charge in [0.1, 0.15) is 17.5 Å². The van der Waals surface area contributed by atoms with E-state index in [1.165, 1.54) is 4.90 Å². The van der Waals surface area contributed by atoms with Crippen LogP contribution in [0.25, 0.3) is 6.08 Å². The van der Waals surface area contributed by atoms with Gasteiger partial charge < -0.3 is 20.1 Å². The van der Waals surface area contributed by atoms with E-state index in [0.29, 0.717) is 36.3 Å². The van der Waals surface area contributed by atoms with Gasteiger partial charge >= 0.3 is 5.97 Å². The summed E-state index contributed by atoms with van der Waals surface area (Å²) in [6, 6.07) is 14.6. The quantitative estimate of drug-likeness (QED) is 0.734. The lowest BCUT2D eigenvalue weighted by molar-refractivity contribution is -0.146. The highest BCUT2D eigenvalue weighted by Gasteiger charge is 2.35. The summed E-state index contributed by atoms with van der Waals surface area (Å²) in [5.74, 6) is -1.34. The second-order valence-electron chi connectivity index (χ2n) is 6.65. The van der Waals surface area contributed by atoms with E-state index in [4.69, 9.17) is 4.74 Å². The fourth-order valence-corrected chi connectivity index (χ4v) is 3.22. The summed E-state index contributed by atoms with van der Waals surface area (Å²) >= 11 is 0. The number of nitrogens with zero attached hydrogens (tertiary/aromatic N) is 1. The Morgan fingerprint density at radius 2 is 1.79 bits per heavy atom. The zero-order chi connectivity index (χ0) is 20.8. The predicted molar refractivity (Wildman–Crippen MR) is 107 cm³/mol. The van der Waals surface area contributed by atoms with Crippen LogP contribution in [-0.4, -0.2) is 47.5 Å². The van der Waals surface area contributed by atoms with Gasteiger partial charge in [-0.05, 0) is 48.7 Å². The van der Waals surface area contributed by atoms with E-state index < -0.39 is 23.8 Å². The number of carbonyl (C=O) groups excluding carboxylic acids is 2. The Labute approximate surface area is 168 Å². The first kappa shape index (κ1) is 20.1. The number of hydrogen-bond acceptors (Lipinski definition) is 4. The van der Waals surface area contributed by atoms with Crippen LogP contribution in [-0.2, 0) is 9.59 Å². The van der Waals surface area contributed by atoms with Gasteiger partial charge in [-0.15, -0.1) is 0 Å². The Morgan fingerprint density at radius 1 is 1.10 bits per heavy atom. The number of carboxylic acids is 1. The van der Waals surface area contributed by atoms with Crippen molar-refractivity contribution in [1.29, 1.82) is 0 Å². The van der Waals surface area contributed by atoms with Crippen LogP contribution in [0.2, 0.25) is 0 Å². The Kier molecular flexibility index (Phi) is 6.29. The maximum Gasteiger partial charge on any atom is 0.326 e. The van der Waals surface area contributed by atoms with E-state index in [1.54, 1.807) is 67.8 Å². The van der Waals surface area contributed by atoms with Crippen molar-refractivity contribution in [1.82, 2.24) is 10.2 Å². The summed E-state index contributed by atoms with van der Waals surface area (Å²) in [5, 5.41) is 12.1. The first-order chi connectivity index (χ1) is 14.0. The van der Waals surface area contributed by atoms with E-state index in [9.17, 15) is 19.5 Å². The fourth-order valence-electron chi connectivity index (χ4n) is 3.22. The maximum absolute atomic E-state index is 13.1. The monoisotopic (exact) mass is 394 g/mol. The molecule has 29 heavy (non-hydrogen) atoms. The molecule has 1 fully saturated rings. The highest BCUT2D eigenvalue weighted by molar-refractivity contribution is 6.06. The molecule has 0 aromatic heterocycles. The lowest BCUT2D eigenvalue weighted by atomic mass is 10.1. The molecule has 2 N–H and O–H groups in total. The van der Waals surface area contributed by atoms with E-state index >= 15 is 0 Å². The van der Waals surface area contributed by atoms with Crippen LogP contribution in [0, 0.1) is 0 Å². The second kappa shape index (κ2) is 9.05. The Balaban J connectivity index is 1.91. The summed E-state index contributed by atoms with van der Waals surface area (Å²) in [7, 11) is 1.55. The van der Waals surface area contributed by atoms with Gasteiger partial charge in [-0.3, -0.25) is 9.59 Å². The predicted octanol–water partition coefficient (Wildman–Crippen LogP) is 2.54. The van der Waals surface area contributed by atoms with Crippen molar-refractivity contribution in [2.45, 2.75) is 18.9 Å². The number of rotatable bonds is 6. The highest BCUT2D eigenvalue weighted by atomic mass is 16.5. The molecule has 0 bridgehead atoms. The molecule has 0 spiro atoms. The molecule has 0 aliphatic carbocycles. The van der Waals surface area contributed by atoms with E-state index in [1.807, 2.05) is 0 Å². The Hall–Kier alpha value is -3.61. The number of nitrogens with one attached hydrogen (secondary N) is 1. The summed E-state index contributed by atoms with van der Waals surface area (Å²) < 4.78 is 5.13. The molecule has 0 radical (unpaired) electrons. The average molecular weight is 394 g/mol. The lowest BCUT2D eigenvalue weighted by Gasteiger charge is -2.23. The van der Waals surface area contributed by atoms with Crippen LogP contribution in [0.4, 0.5) is 0 Å². The number of aliphatic carboxylic acids is 1. The van der Waals surface area contributed by atoms with Crippen molar-refractivity contribution < 1.29 is 24.2 Å². The summed E-state index contributed by atoms with van der Waals surface area (Å²) in [5.41, 5.74) is 1.10. The zero-order valence-electron chi connectivity index (χ0n) is 16.0. The van der Waals surface area contributed by atoms with Crippen molar-refractivity contribution in [3.05, 3.63) is 71.4 Å². The molecule has 1 aliphatic rings. The van der Waals surface area contributed by atoms with Crippen LogP contribution >= 0.6 is 0 Å². The molecule has 1 heterocycles. The van der Waals surface area contributed by atoms with Crippen LogP contribution in [0.5, 0.6) is 5.75 Å². The molecule has 150 valence electrons. The van der Waals surface area contributed by atoms with E-state index in [0.717, 1.165) is 0 Å². The molecule has 7 heteroatoms. The maximum atomic E-state index is 13.1. The van der Waals surface area contributed by atoms with Crippen LogP contribution < -0.4 is 10.1 Å². The smallest absolute Gasteiger partial charge is 0.326 e. The minimum atomic E-state index is -1.05. The van der Waals surface area contributed by atoms with Gasteiger partial charge in [0.05, 0.1) is 7.11 Å². The normalized spacial score (nSPS) is 16.4. The van der Waals surface area contributed by atoms with Gasteiger partial charge in [-0.25, -0.2) is 4.79 Å². The topological polar surface area (TPSA) is 95.9 Å². The number of benzene rings is 2. The molecule has 1 saturated heterocycles. The SMILES string of the molecule is COc1ccc(/C=C(\NC(=O)c2ccccc2)C(=O)N2CCCC2C(=O)O)cc1. The molecule has 2 amide bonds. The largest absolute Gasteiger partial charge is 0.497 e. The standard InChI is InChI=1S/C22H22N2O5/c1-29-17-11-9-15(10-12-17)14-18(23-20(25)16-6-3-2-4-7-16)21(26)24-13-5-8-19(24)22(27)28/h2-4,6-7,9-12,14,19H,5,8,13H2,1H3,(H,23,25)(H,27,28)/b18-14-. The first-order valence-electron chi connectivity index (χ1n) is 9.25. The molecular formula is C22H22N2O5. The van der Waals surface area contributed by atoms with Gasteiger partial charge in [0.2, 0.25) is 0 Å². The number of hydrogen-bond donors (Lipinski definition) is 2. The van der Waals surface area contributed by atoms with E-state index in [2.05, 4.69) is 5.32 Å². The van der Waals surface area contributed by atoms with Crippen molar-refractivity contribution in [2.75, 3.05) is 13.7 Å². The van der Waals surface area contributed by atoms with Crippen LogP contribution in [0.3, 0.4) is 0 Å². The molecular weight excluding hydrogens is 372 g/mol. The highest BCUT2D eigenvalue weighted by Crippen LogP contribution is 2.21. The van der Waals surface area contributed by atoms with Crippen LogP contribution in [0.15, 0.2) is 60.3 Å². The van der Waals surface area contributed by atoms with Crippen molar-refractivity contribution >= 4 is 23.9 Å². The van der Waals surface area contributed by atoms with E-state index in [-0.39, 0.29) is 5.70 Å². The zero-order valence-corrected chi connectivity index (χ0v) is 16.0. The third-order valence-electron chi connectivity index (χ3n) is 4.74. The Bertz CT molecular complexity index is 922. The van der Waals surface area contributed by atoms with Gasteiger partial charge in [-0.2, -0.15) is 0 Å². The summed E-state index contributed by atoms with van der Waals surface area (Å²) in [6.07, 6.45) is 2.54. The number of likely N-dealkylation sites (tertiary alicyclic amines) is 1. The van der Waals surface area contributed by atoms with Gasteiger partial charge in [0, 0.05) is 12.1 Å². The minimum Gasteiger partial charge on any atom is -0.497 e. The number of carbonyl (C=O) groups is 3. The van der Waals surface area contributed by atoms with Gasteiger partial charge in [0.15, 0.2) is 0 Å². The van der Waals surface area contributed by atoms with Crippen molar-refractivity contribution in [3.63, 3.8) is 0 Å². The minimum absolute atomic E-state index is 0.0252. The number of ether oxygens (including phenoxy) is 1. The second-order valence-corrected chi connectivity index (χ2v) is 6.65. The molecule has 7 nitrogen and oxygen atoms in total. The molecule has 1 atom stereocenters. The third-order valence-corrected chi connectivity index (χ3v) is 4.74. The molecule has 1 unspecified atom stereocenters. The lowest BCUT2D eigenvalue weighted by Crippen LogP contribution is -2.44. The molecule has 0 saturated carbocycles. The Morgan fingerprint density at radius 3 is 2.41 bits per heavy atom. The number of methoxy groups -OCH3 is 1. The van der Waals surface area contributed by atoms with Crippen molar-refractivity contribution in [2.24, 2.45) is 0 Å². The third kappa shape index (κ3) is 4.82. The molecule has 1 aliphatic heterocycles. The molecule has 3 rings (SSSR count). The summed E-state index contributed by atoms with van der Waals surface area (Å²) in [6.45, 7) is 0.330. The van der Waals surface area contributed by atoms with Crippen LogP contribution in [0.1, 0.15) is 28.8 Å².